The van der Waals surface area contributed by atoms with Gasteiger partial charge in [-0.05, 0) is 30.5 Å². The van der Waals surface area contributed by atoms with Crippen LogP contribution >= 0.6 is 0 Å². The number of morpholine rings is 1. The van der Waals surface area contributed by atoms with Gasteiger partial charge in [0.2, 0.25) is 0 Å². The van der Waals surface area contributed by atoms with Crippen LogP contribution in [-0.2, 0) is 4.74 Å². The summed E-state index contributed by atoms with van der Waals surface area (Å²) in [7, 11) is 1.68. The first-order valence-electron chi connectivity index (χ1n) is 9.76. The van der Waals surface area contributed by atoms with Gasteiger partial charge in [-0.2, -0.15) is 0 Å². The van der Waals surface area contributed by atoms with Crippen molar-refractivity contribution >= 4 is 6.03 Å². The summed E-state index contributed by atoms with van der Waals surface area (Å²) in [6.45, 7) is 3.77. The Hall–Kier alpha value is -1.79. The summed E-state index contributed by atoms with van der Waals surface area (Å²) in [5, 5.41) is 6.22. The van der Waals surface area contributed by atoms with E-state index in [-0.39, 0.29) is 12.1 Å². The van der Waals surface area contributed by atoms with Crippen molar-refractivity contribution in [2.75, 3.05) is 40.0 Å². The summed E-state index contributed by atoms with van der Waals surface area (Å²) in [6, 6.07) is 8.49. The van der Waals surface area contributed by atoms with Gasteiger partial charge in [0.25, 0.3) is 0 Å². The summed E-state index contributed by atoms with van der Waals surface area (Å²) in [4.78, 5) is 14.7. The SMILES string of the molecule is COc1cccc(C(CNC(=O)NC2CCCCC2)N2CCOCC2)c1. The minimum Gasteiger partial charge on any atom is -0.497 e. The van der Waals surface area contributed by atoms with Gasteiger partial charge in [0, 0.05) is 25.7 Å². The zero-order valence-corrected chi connectivity index (χ0v) is 15.7. The number of ether oxygens (including phenoxy) is 2. The zero-order chi connectivity index (χ0) is 18.2. The first kappa shape index (κ1) is 19.0. The molecule has 26 heavy (non-hydrogen) atoms. The Morgan fingerprint density at radius 1 is 1.27 bits per heavy atom. The summed E-state index contributed by atoms with van der Waals surface area (Å²) >= 11 is 0. The Kier molecular flexibility index (Phi) is 7.14. The fraction of sp³-hybridized carbons (Fsp3) is 0.650. The van der Waals surface area contributed by atoms with Gasteiger partial charge < -0.3 is 20.1 Å². The highest BCUT2D eigenvalue weighted by Gasteiger charge is 2.24. The maximum absolute atomic E-state index is 12.4. The molecule has 2 amide bonds. The van der Waals surface area contributed by atoms with Crippen molar-refractivity contribution in [2.45, 2.75) is 44.2 Å². The third-order valence-electron chi connectivity index (χ3n) is 5.36. The van der Waals surface area contributed by atoms with E-state index in [2.05, 4.69) is 27.7 Å². The molecule has 1 saturated carbocycles. The lowest BCUT2D eigenvalue weighted by Gasteiger charge is -2.35. The smallest absolute Gasteiger partial charge is 0.315 e. The second-order valence-corrected chi connectivity index (χ2v) is 7.13. The molecule has 1 aliphatic carbocycles. The average Bonchev–Trinajstić information content (AvgIpc) is 2.70. The minimum absolute atomic E-state index is 0.0574. The molecule has 2 N–H and O–H groups in total. The molecule has 1 atom stereocenters. The number of amides is 2. The first-order chi connectivity index (χ1) is 12.8. The van der Waals surface area contributed by atoms with E-state index < -0.39 is 0 Å². The van der Waals surface area contributed by atoms with Gasteiger partial charge in [-0.25, -0.2) is 4.79 Å². The highest BCUT2D eigenvalue weighted by atomic mass is 16.5. The van der Waals surface area contributed by atoms with Crippen LogP contribution in [0.2, 0.25) is 0 Å². The van der Waals surface area contributed by atoms with E-state index in [9.17, 15) is 4.79 Å². The predicted molar refractivity (Wildman–Crippen MR) is 102 cm³/mol. The van der Waals surface area contributed by atoms with Crippen LogP contribution in [-0.4, -0.2) is 56.9 Å². The molecule has 0 aromatic heterocycles. The zero-order valence-electron chi connectivity index (χ0n) is 15.7. The van der Waals surface area contributed by atoms with Crippen molar-refractivity contribution in [2.24, 2.45) is 0 Å². The number of urea groups is 1. The normalized spacial score (nSPS) is 20.3. The molecule has 0 radical (unpaired) electrons. The summed E-state index contributed by atoms with van der Waals surface area (Å²) in [5.41, 5.74) is 1.16. The number of hydrogen-bond acceptors (Lipinski definition) is 4. The van der Waals surface area contributed by atoms with Crippen LogP contribution in [0.1, 0.15) is 43.7 Å². The van der Waals surface area contributed by atoms with Crippen LogP contribution in [0.3, 0.4) is 0 Å². The monoisotopic (exact) mass is 361 g/mol. The summed E-state index contributed by atoms with van der Waals surface area (Å²) in [6.07, 6.45) is 5.90. The topological polar surface area (TPSA) is 62.8 Å². The first-order valence-corrected chi connectivity index (χ1v) is 9.76. The van der Waals surface area contributed by atoms with Gasteiger partial charge in [0.05, 0.1) is 26.4 Å². The second kappa shape index (κ2) is 9.78. The molecule has 1 aromatic rings. The predicted octanol–water partition coefficient (Wildman–Crippen LogP) is 2.70. The number of carbonyl (C=O) groups is 1. The molecule has 3 rings (SSSR count). The molecule has 0 spiro atoms. The van der Waals surface area contributed by atoms with Crippen molar-refractivity contribution in [1.82, 2.24) is 15.5 Å². The molecule has 6 heteroatoms. The van der Waals surface area contributed by atoms with Crippen LogP contribution in [0, 0.1) is 0 Å². The average molecular weight is 361 g/mol. The molecule has 6 nitrogen and oxygen atoms in total. The lowest BCUT2D eigenvalue weighted by Crippen LogP contribution is -2.47. The minimum atomic E-state index is -0.0574. The molecule has 0 bridgehead atoms. The van der Waals surface area contributed by atoms with Gasteiger partial charge in [-0.15, -0.1) is 0 Å². The lowest BCUT2D eigenvalue weighted by molar-refractivity contribution is 0.0166. The standard InChI is InChI=1S/C20H31N3O3/c1-25-18-9-5-6-16(14-18)19(23-10-12-26-13-11-23)15-21-20(24)22-17-7-3-2-4-8-17/h5-6,9,14,17,19H,2-4,7-8,10-13,15H2,1H3,(H2,21,22,24). The van der Waals surface area contributed by atoms with Gasteiger partial charge in [0.1, 0.15) is 5.75 Å². The number of nitrogens with zero attached hydrogens (tertiary/aromatic N) is 1. The number of carbonyl (C=O) groups excluding carboxylic acids is 1. The lowest BCUT2D eigenvalue weighted by atomic mass is 9.96. The molecule has 1 unspecified atom stereocenters. The molecule has 2 aliphatic rings. The van der Waals surface area contributed by atoms with Crippen LogP contribution < -0.4 is 15.4 Å². The van der Waals surface area contributed by atoms with Crippen LogP contribution in [0.4, 0.5) is 4.79 Å². The van der Waals surface area contributed by atoms with Crippen molar-refractivity contribution in [3.63, 3.8) is 0 Å². The number of rotatable bonds is 6. The van der Waals surface area contributed by atoms with Crippen molar-refractivity contribution < 1.29 is 14.3 Å². The van der Waals surface area contributed by atoms with Crippen LogP contribution in [0.5, 0.6) is 5.75 Å². The number of methoxy groups -OCH3 is 1. The Morgan fingerprint density at radius 2 is 2.04 bits per heavy atom. The van der Waals surface area contributed by atoms with Crippen LogP contribution in [0.25, 0.3) is 0 Å². The van der Waals surface area contributed by atoms with E-state index in [1.165, 1.54) is 19.3 Å². The van der Waals surface area contributed by atoms with Crippen molar-refractivity contribution in [3.8, 4) is 5.75 Å². The van der Waals surface area contributed by atoms with E-state index in [4.69, 9.17) is 9.47 Å². The maximum Gasteiger partial charge on any atom is 0.315 e. The quantitative estimate of drug-likeness (QED) is 0.818. The summed E-state index contributed by atoms with van der Waals surface area (Å²) < 4.78 is 10.9. The van der Waals surface area contributed by atoms with Gasteiger partial charge in [-0.1, -0.05) is 31.4 Å². The van der Waals surface area contributed by atoms with Gasteiger partial charge in [-0.3, -0.25) is 4.90 Å². The number of benzene rings is 1. The van der Waals surface area contributed by atoms with E-state index in [1.807, 2.05) is 12.1 Å². The van der Waals surface area contributed by atoms with Crippen LogP contribution in [0.15, 0.2) is 24.3 Å². The third kappa shape index (κ3) is 5.35. The van der Waals surface area contributed by atoms with E-state index >= 15 is 0 Å². The van der Waals surface area contributed by atoms with E-state index in [1.54, 1.807) is 7.11 Å². The Balaban J connectivity index is 1.62. The molecule has 1 saturated heterocycles. The molecule has 144 valence electrons. The fourth-order valence-corrected chi connectivity index (χ4v) is 3.87. The summed E-state index contributed by atoms with van der Waals surface area (Å²) in [5.74, 6) is 0.840. The van der Waals surface area contributed by atoms with Gasteiger partial charge >= 0.3 is 6.03 Å². The third-order valence-corrected chi connectivity index (χ3v) is 5.36. The molecule has 2 fully saturated rings. The Labute approximate surface area is 156 Å². The highest BCUT2D eigenvalue weighted by Crippen LogP contribution is 2.25. The largest absolute Gasteiger partial charge is 0.497 e. The molecular weight excluding hydrogens is 330 g/mol. The molecular formula is C20H31N3O3. The van der Waals surface area contributed by atoms with Crippen molar-refractivity contribution in [3.05, 3.63) is 29.8 Å². The highest BCUT2D eigenvalue weighted by molar-refractivity contribution is 5.74. The van der Waals surface area contributed by atoms with Gasteiger partial charge in [0.15, 0.2) is 0 Å². The Bertz CT molecular complexity index is 569. The van der Waals surface area contributed by atoms with E-state index in [0.717, 1.165) is 50.5 Å². The number of hydrogen-bond donors (Lipinski definition) is 2. The van der Waals surface area contributed by atoms with E-state index in [0.29, 0.717) is 12.6 Å². The fourth-order valence-electron chi connectivity index (χ4n) is 3.87. The second-order valence-electron chi connectivity index (χ2n) is 7.13. The molecule has 1 heterocycles. The molecule has 1 aromatic carbocycles. The Morgan fingerprint density at radius 3 is 2.77 bits per heavy atom. The molecule has 1 aliphatic heterocycles. The number of nitrogens with one attached hydrogen (secondary N) is 2. The van der Waals surface area contributed by atoms with Crippen molar-refractivity contribution in [1.29, 1.82) is 0 Å². The maximum atomic E-state index is 12.4.